The van der Waals surface area contributed by atoms with Crippen molar-refractivity contribution in [1.82, 2.24) is 30.6 Å². The molecule has 3 heterocycles. The second-order valence-electron chi connectivity index (χ2n) is 4.83. The van der Waals surface area contributed by atoms with E-state index in [0.717, 1.165) is 0 Å². The second-order valence-corrected chi connectivity index (χ2v) is 4.83. The number of carbonyl (C=O) groups excluding carboxylic acids is 1. The molecule has 0 aliphatic heterocycles. The molecule has 0 aliphatic carbocycles. The maximum atomic E-state index is 12.5. The third kappa shape index (κ3) is 2.35. The molecule has 0 saturated carbocycles. The van der Waals surface area contributed by atoms with Gasteiger partial charge in [-0.05, 0) is 26.8 Å². The number of H-pyrrole nitrogens is 1. The summed E-state index contributed by atoms with van der Waals surface area (Å²) in [5.41, 5.74) is 2.18. The number of hydrogen-bond donors (Lipinski definition) is 2. The van der Waals surface area contributed by atoms with E-state index >= 15 is 0 Å². The van der Waals surface area contributed by atoms with Crippen molar-refractivity contribution in [3.05, 3.63) is 35.2 Å². The number of amides is 1. The predicted molar refractivity (Wildman–Crippen MR) is 73.5 cm³/mol. The number of aryl methyl sites for hydroxylation is 2. The van der Waals surface area contributed by atoms with Crippen molar-refractivity contribution in [1.29, 1.82) is 0 Å². The summed E-state index contributed by atoms with van der Waals surface area (Å²) in [6, 6.07) is 1.43. The van der Waals surface area contributed by atoms with Crippen LogP contribution in [-0.2, 0) is 0 Å². The van der Waals surface area contributed by atoms with Gasteiger partial charge in [0.2, 0.25) is 0 Å². The molecule has 0 radical (unpaired) electrons. The molecule has 1 unspecified atom stereocenters. The topological polar surface area (TPSA) is 110 Å². The van der Waals surface area contributed by atoms with E-state index < -0.39 is 0 Å². The van der Waals surface area contributed by atoms with Crippen LogP contribution in [-0.4, -0.2) is 31.2 Å². The van der Waals surface area contributed by atoms with Crippen molar-refractivity contribution >= 4 is 17.0 Å². The van der Waals surface area contributed by atoms with Crippen LogP contribution in [0.4, 0.5) is 0 Å². The van der Waals surface area contributed by atoms with Gasteiger partial charge in [0, 0.05) is 5.69 Å². The summed E-state index contributed by atoms with van der Waals surface area (Å²) in [5.74, 6) is 0.355. The summed E-state index contributed by atoms with van der Waals surface area (Å²) >= 11 is 0. The lowest BCUT2D eigenvalue weighted by molar-refractivity contribution is 0.0939. The molecule has 21 heavy (non-hydrogen) atoms. The third-order valence-corrected chi connectivity index (χ3v) is 3.18. The zero-order valence-electron chi connectivity index (χ0n) is 11.8. The lowest BCUT2D eigenvalue weighted by Gasteiger charge is -2.11. The Morgan fingerprint density at radius 2 is 2.24 bits per heavy atom. The van der Waals surface area contributed by atoms with Crippen LogP contribution in [0, 0.1) is 13.8 Å². The van der Waals surface area contributed by atoms with Gasteiger partial charge in [-0.15, -0.1) is 0 Å². The lowest BCUT2D eigenvalue weighted by Crippen LogP contribution is -2.27. The van der Waals surface area contributed by atoms with E-state index in [-0.39, 0.29) is 11.9 Å². The average Bonchev–Trinajstić information content (AvgIpc) is 3.08. The molecule has 8 nitrogen and oxygen atoms in total. The molecule has 0 saturated heterocycles. The monoisotopic (exact) mass is 286 g/mol. The van der Waals surface area contributed by atoms with Gasteiger partial charge < -0.3 is 9.84 Å². The van der Waals surface area contributed by atoms with Crippen LogP contribution < -0.4 is 5.32 Å². The Morgan fingerprint density at radius 3 is 2.95 bits per heavy atom. The summed E-state index contributed by atoms with van der Waals surface area (Å²) in [4.78, 5) is 20.8. The first kappa shape index (κ1) is 13.2. The Kier molecular flexibility index (Phi) is 3.13. The van der Waals surface area contributed by atoms with E-state index in [0.29, 0.717) is 33.9 Å². The number of nitrogens with zero attached hydrogens (tertiary/aromatic N) is 4. The molecule has 3 aromatic heterocycles. The van der Waals surface area contributed by atoms with Crippen molar-refractivity contribution in [2.45, 2.75) is 26.8 Å². The maximum Gasteiger partial charge on any atom is 0.258 e. The molecule has 3 rings (SSSR count). The second kappa shape index (κ2) is 4.97. The minimum absolute atomic E-state index is 0.235. The van der Waals surface area contributed by atoms with Crippen molar-refractivity contribution in [3.8, 4) is 0 Å². The van der Waals surface area contributed by atoms with Gasteiger partial charge in [-0.3, -0.25) is 9.89 Å². The highest BCUT2D eigenvalue weighted by Gasteiger charge is 2.20. The fourth-order valence-electron chi connectivity index (χ4n) is 2.16. The summed E-state index contributed by atoms with van der Waals surface area (Å²) < 4.78 is 5.13. The van der Waals surface area contributed by atoms with E-state index in [4.69, 9.17) is 4.52 Å². The number of aromatic amines is 1. The summed E-state index contributed by atoms with van der Waals surface area (Å²) in [7, 11) is 0. The number of aromatic nitrogens is 5. The van der Waals surface area contributed by atoms with Gasteiger partial charge in [0.15, 0.2) is 0 Å². The third-order valence-electron chi connectivity index (χ3n) is 3.18. The Balaban J connectivity index is 1.96. The molecular weight excluding hydrogens is 272 g/mol. The molecule has 1 amide bonds. The number of rotatable bonds is 3. The highest BCUT2D eigenvalue weighted by Crippen LogP contribution is 2.22. The first-order valence-electron chi connectivity index (χ1n) is 6.46. The van der Waals surface area contributed by atoms with Crippen LogP contribution in [0.15, 0.2) is 16.9 Å². The van der Waals surface area contributed by atoms with Crippen LogP contribution in [0.5, 0.6) is 0 Å². The quantitative estimate of drug-likeness (QED) is 0.754. The number of carbonyl (C=O) groups is 1. The molecule has 0 fully saturated rings. The van der Waals surface area contributed by atoms with Crippen molar-refractivity contribution in [2.75, 3.05) is 0 Å². The van der Waals surface area contributed by atoms with Crippen molar-refractivity contribution in [3.63, 3.8) is 0 Å². The minimum Gasteiger partial charge on any atom is -0.342 e. The van der Waals surface area contributed by atoms with Gasteiger partial charge in [0.1, 0.15) is 12.2 Å². The molecule has 2 N–H and O–H groups in total. The number of hydrogen-bond acceptors (Lipinski definition) is 6. The molecule has 3 aromatic rings. The molecular formula is C13H14N6O2. The standard InChI is InChI=1S/C13H14N6O2/c1-6-4-9(10-7(2)19-21-13(10)16-6)12(20)17-8(3)11-14-5-15-18-11/h4-5,8H,1-3H3,(H,17,20)(H,14,15,18). The SMILES string of the molecule is Cc1cc(C(=O)NC(C)c2ncn[nH]2)c2c(C)noc2n1. The Hall–Kier alpha value is -2.77. The van der Waals surface area contributed by atoms with E-state index in [1.165, 1.54) is 6.33 Å². The summed E-state index contributed by atoms with van der Waals surface area (Å²) in [6.07, 6.45) is 1.40. The largest absolute Gasteiger partial charge is 0.342 e. The predicted octanol–water partition coefficient (Wildman–Crippen LogP) is 1.45. The molecule has 0 spiro atoms. The number of fused-ring (bicyclic) bond motifs is 1. The van der Waals surface area contributed by atoms with Gasteiger partial charge >= 0.3 is 0 Å². The van der Waals surface area contributed by atoms with Gasteiger partial charge in [-0.1, -0.05) is 5.16 Å². The van der Waals surface area contributed by atoms with Gasteiger partial charge in [-0.25, -0.2) is 9.97 Å². The van der Waals surface area contributed by atoms with E-state index in [2.05, 4.69) is 30.6 Å². The Bertz CT molecular complexity index is 792. The molecule has 0 aromatic carbocycles. The highest BCUT2D eigenvalue weighted by molar-refractivity contribution is 6.06. The molecule has 0 bridgehead atoms. The number of pyridine rings is 1. The average molecular weight is 286 g/mol. The molecule has 108 valence electrons. The smallest absolute Gasteiger partial charge is 0.258 e. The van der Waals surface area contributed by atoms with Gasteiger partial charge in [0.05, 0.1) is 22.7 Å². The van der Waals surface area contributed by atoms with Crippen molar-refractivity contribution < 1.29 is 9.32 Å². The minimum atomic E-state index is -0.288. The first-order valence-corrected chi connectivity index (χ1v) is 6.46. The summed E-state index contributed by atoms with van der Waals surface area (Å²) in [6.45, 7) is 5.40. The van der Waals surface area contributed by atoms with E-state index in [9.17, 15) is 4.79 Å². The molecule has 1 atom stereocenters. The Morgan fingerprint density at radius 1 is 1.43 bits per heavy atom. The van der Waals surface area contributed by atoms with Crippen LogP contribution in [0.25, 0.3) is 11.1 Å². The van der Waals surface area contributed by atoms with Gasteiger partial charge in [-0.2, -0.15) is 5.10 Å². The molecule has 8 heteroatoms. The van der Waals surface area contributed by atoms with Crippen LogP contribution in [0.3, 0.4) is 0 Å². The summed E-state index contributed by atoms with van der Waals surface area (Å²) in [5, 5.41) is 13.9. The van der Waals surface area contributed by atoms with Gasteiger partial charge in [0.25, 0.3) is 11.6 Å². The number of nitrogens with one attached hydrogen (secondary N) is 2. The normalized spacial score (nSPS) is 12.5. The van der Waals surface area contributed by atoms with E-state index in [1.807, 2.05) is 6.92 Å². The maximum absolute atomic E-state index is 12.5. The van der Waals surface area contributed by atoms with Crippen molar-refractivity contribution in [2.24, 2.45) is 0 Å². The zero-order chi connectivity index (χ0) is 15.0. The highest BCUT2D eigenvalue weighted by atomic mass is 16.5. The van der Waals surface area contributed by atoms with E-state index in [1.54, 1.807) is 19.9 Å². The lowest BCUT2D eigenvalue weighted by atomic mass is 10.1. The zero-order valence-corrected chi connectivity index (χ0v) is 11.8. The fourth-order valence-corrected chi connectivity index (χ4v) is 2.16. The molecule has 0 aliphatic rings. The first-order chi connectivity index (χ1) is 10.1. The Labute approximate surface area is 120 Å². The fraction of sp³-hybridized carbons (Fsp3) is 0.308. The van der Waals surface area contributed by atoms with Crippen LogP contribution in [0.1, 0.15) is 40.5 Å². The van der Waals surface area contributed by atoms with Crippen LogP contribution in [0.2, 0.25) is 0 Å². The van der Waals surface area contributed by atoms with Crippen LogP contribution >= 0.6 is 0 Å².